The molecule has 0 aliphatic carbocycles. The van der Waals surface area contributed by atoms with E-state index in [1.165, 1.54) is 17.7 Å². The predicted octanol–water partition coefficient (Wildman–Crippen LogP) is 4.10. The molecule has 0 aliphatic heterocycles. The minimum Gasteiger partial charge on any atom is -0.497 e. The second-order valence-electron chi connectivity index (χ2n) is 5.13. The zero-order chi connectivity index (χ0) is 15.2. The molecule has 2 nitrogen and oxygen atoms in total. The molecule has 2 aromatic rings. The molecule has 1 atom stereocenters. The molecular weight excluding hydrogens is 333 g/mol. The van der Waals surface area contributed by atoms with Crippen LogP contribution in [-0.4, -0.2) is 13.2 Å². The van der Waals surface area contributed by atoms with Crippen molar-refractivity contribution in [3.05, 3.63) is 63.9 Å². The average Bonchev–Trinajstić information content (AvgIpc) is 2.44. The number of methoxy groups -OCH3 is 1. The van der Waals surface area contributed by atoms with Gasteiger partial charge in [0.15, 0.2) is 0 Å². The number of rotatable bonds is 6. The third-order valence-corrected chi connectivity index (χ3v) is 3.84. The molecule has 0 aliphatic rings. The number of nitrogens with two attached hydrogens (primary N) is 1. The Morgan fingerprint density at radius 2 is 1.86 bits per heavy atom. The van der Waals surface area contributed by atoms with Crippen molar-refractivity contribution in [2.24, 2.45) is 5.73 Å². The van der Waals surface area contributed by atoms with Gasteiger partial charge in [-0.2, -0.15) is 0 Å². The molecule has 0 amide bonds. The van der Waals surface area contributed by atoms with E-state index in [9.17, 15) is 4.39 Å². The van der Waals surface area contributed by atoms with Gasteiger partial charge in [0.2, 0.25) is 0 Å². The fourth-order valence-corrected chi connectivity index (χ4v) is 2.79. The third-order valence-electron chi connectivity index (χ3n) is 3.38. The first-order valence-corrected chi connectivity index (χ1v) is 7.69. The van der Waals surface area contributed by atoms with E-state index in [-0.39, 0.29) is 11.9 Å². The number of aryl methyl sites for hydroxylation is 1. The van der Waals surface area contributed by atoms with E-state index >= 15 is 0 Å². The van der Waals surface area contributed by atoms with E-state index in [0.717, 1.165) is 28.6 Å². The molecule has 1 unspecified atom stereocenters. The summed E-state index contributed by atoms with van der Waals surface area (Å²) in [6.45, 7) is 0. The summed E-state index contributed by atoms with van der Waals surface area (Å²) in [5.74, 6) is 0.620. The highest BCUT2D eigenvalue weighted by Crippen LogP contribution is 2.17. The van der Waals surface area contributed by atoms with Crippen molar-refractivity contribution in [1.29, 1.82) is 0 Å². The summed E-state index contributed by atoms with van der Waals surface area (Å²) in [5, 5.41) is 0. The minimum atomic E-state index is -0.235. The Bertz CT molecular complexity index is 566. The fourth-order valence-electron chi connectivity index (χ4n) is 2.28. The molecule has 0 saturated carbocycles. The Labute approximate surface area is 133 Å². The zero-order valence-electron chi connectivity index (χ0n) is 12.0. The largest absolute Gasteiger partial charge is 0.497 e. The third kappa shape index (κ3) is 5.14. The monoisotopic (exact) mass is 351 g/mol. The van der Waals surface area contributed by atoms with Crippen LogP contribution in [0.25, 0.3) is 0 Å². The molecule has 2 N–H and O–H groups in total. The highest BCUT2D eigenvalue weighted by Gasteiger charge is 2.07. The zero-order valence-corrected chi connectivity index (χ0v) is 13.6. The first kappa shape index (κ1) is 16.0. The van der Waals surface area contributed by atoms with Gasteiger partial charge in [-0.05, 0) is 60.7 Å². The molecule has 21 heavy (non-hydrogen) atoms. The number of benzene rings is 2. The van der Waals surface area contributed by atoms with Gasteiger partial charge in [-0.25, -0.2) is 4.39 Å². The summed E-state index contributed by atoms with van der Waals surface area (Å²) in [5.41, 5.74) is 8.30. The highest BCUT2D eigenvalue weighted by molar-refractivity contribution is 9.10. The number of hydrogen-bond acceptors (Lipinski definition) is 2. The molecule has 0 aromatic heterocycles. The number of ether oxygens (including phenoxy) is 1. The van der Waals surface area contributed by atoms with Crippen LogP contribution in [-0.2, 0) is 12.8 Å². The Hall–Kier alpha value is -1.39. The lowest BCUT2D eigenvalue weighted by Gasteiger charge is -2.12. The first-order valence-electron chi connectivity index (χ1n) is 6.90. The van der Waals surface area contributed by atoms with Crippen LogP contribution < -0.4 is 10.5 Å². The SMILES string of the molecule is COc1ccc(CCC(N)Cc2cc(F)cc(Br)c2)cc1. The van der Waals surface area contributed by atoms with E-state index < -0.39 is 0 Å². The van der Waals surface area contributed by atoms with E-state index in [1.807, 2.05) is 30.3 Å². The van der Waals surface area contributed by atoms with Crippen LogP contribution in [0, 0.1) is 5.82 Å². The van der Waals surface area contributed by atoms with Crippen molar-refractivity contribution < 1.29 is 9.13 Å². The number of halogens is 2. The second-order valence-corrected chi connectivity index (χ2v) is 6.04. The summed E-state index contributed by atoms with van der Waals surface area (Å²) < 4.78 is 19.2. The second kappa shape index (κ2) is 7.57. The van der Waals surface area contributed by atoms with Gasteiger partial charge in [-0.1, -0.05) is 28.1 Å². The molecule has 0 saturated heterocycles. The van der Waals surface area contributed by atoms with Gasteiger partial charge in [-0.15, -0.1) is 0 Å². The van der Waals surface area contributed by atoms with Crippen LogP contribution in [0.4, 0.5) is 4.39 Å². The summed E-state index contributed by atoms with van der Waals surface area (Å²) >= 11 is 3.30. The lowest BCUT2D eigenvalue weighted by Crippen LogP contribution is -2.23. The van der Waals surface area contributed by atoms with Gasteiger partial charge < -0.3 is 10.5 Å². The normalized spacial score (nSPS) is 12.2. The van der Waals surface area contributed by atoms with Crippen LogP contribution in [0.1, 0.15) is 17.5 Å². The predicted molar refractivity (Wildman–Crippen MR) is 87.1 cm³/mol. The van der Waals surface area contributed by atoms with E-state index in [1.54, 1.807) is 7.11 Å². The lowest BCUT2D eigenvalue weighted by atomic mass is 10.00. The van der Waals surface area contributed by atoms with Crippen molar-refractivity contribution in [1.82, 2.24) is 0 Å². The molecule has 0 radical (unpaired) electrons. The van der Waals surface area contributed by atoms with Gasteiger partial charge in [0.1, 0.15) is 11.6 Å². The molecule has 112 valence electrons. The average molecular weight is 352 g/mol. The van der Waals surface area contributed by atoms with Crippen molar-refractivity contribution in [2.75, 3.05) is 7.11 Å². The fraction of sp³-hybridized carbons (Fsp3) is 0.294. The smallest absolute Gasteiger partial charge is 0.124 e. The summed E-state index contributed by atoms with van der Waals surface area (Å²) in [6.07, 6.45) is 2.44. The minimum absolute atomic E-state index is 0.0146. The Kier molecular flexibility index (Phi) is 5.76. The Morgan fingerprint density at radius 3 is 2.48 bits per heavy atom. The van der Waals surface area contributed by atoms with Gasteiger partial charge in [0, 0.05) is 10.5 Å². The first-order chi connectivity index (χ1) is 10.1. The van der Waals surface area contributed by atoms with Crippen molar-refractivity contribution >= 4 is 15.9 Å². The Morgan fingerprint density at radius 1 is 1.14 bits per heavy atom. The molecule has 0 bridgehead atoms. The van der Waals surface area contributed by atoms with Crippen LogP contribution in [0.5, 0.6) is 5.75 Å². The molecule has 0 spiro atoms. The Balaban J connectivity index is 1.87. The van der Waals surface area contributed by atoms with Crippen LogP contribution in [0.2, 0.25) is 0 Å². The van der Waals surface area contributed by atoms with Crippen molar-refractivity contribution in [3.63, 3.8) is 0 Å². The molecule has 0 heterocycles. The van der Waals surface area contributed by atoms with Gasteiger partial charge in [0.05, 0.1) is 7.11 Å². The molecule has 4 heteroatoms. The highest BCUT2D eigenvalue weighted by atomic mass is 79.9. The summed E-state index contributed by atoms with van der Waals surface area (Å²) in [7, 11) is 1.65. The van der Waals surface area contributed by atoms with Gasteiger partial charge in [0.25, 0.3) is 0 Å². The van der Waals surface area contributed by atoms with Gasteiger partial charge >= 0.3 is 0 Å². The van der Waals surface area contributed by atoms with E-state index in [2.05, 4.69) is 15.9 Å². The maximum atomic E-state index is 13.3. The topological polar surface area (TPSA) is 35.2 Å². The van der Waals surface area contributed by atoms with E-state index in [4.69, 9.17) is 10.5 Å². The molecule has 0 fully saturated rings. The van der Waals surface area contributed by atoms with Crippen LogP contribution in [0.3, 0.4) is 0 Å². The quantitative estimate of drug-likeness (QED) is 0.850. The van der Waals surface area contributed by atoms with Crippen molar-refractivity contribution in [2.45, 2.75) is 25.3 Å². The standard InChI is InChI=1S/C17H19BrFNO/c1-21-17-6-3-12(4-7-17)2-5-16(20)10-13-8-14(18)11-15(19)9-13/h3-4,6-9,11,16H,2,5,10,20H2,1H3. The molecular formula is C17H19BrFNO. The molecule has 2 rings (SSSR count). The van der Waals surface area contributed by atoms with Crippen LogP contribution >= 0.6 is 15.9 Å². The van der Waals surface area contributed by atoms with E-state index in [0.29, 0.717) is 6.42 Å². The molecule has 2 aromatic carbocycles. The van der Waals surface area contributed by atoms with Crippen LogP contribution in [0.15, 0.2) is 46.9 Å². The lowest BCUT2D eigenvalue weighted by molar-refractivity contribution is 0.414. The van der Waals surface area contributed by atoms with Crippen molar-refractivity contribution in [3.8, 4) is 5.75 Å². The summed E-state index contributed by atoms with van der Waals surface area (Å²) in [4.78, 5) is 0. The maximum absolute atomic E-state index is 13.3. The van der Waals surface area contributed by atoms with Gasteiger partial charge in [-0.3, -0.25) is 0 Å². The maximum Gasteiger partial charge on any atom is 0.124 e. The summed E-state index contributed by atoms with van der Waals surface area (Å²) in [6, 6.07) is 12.9. The number of hydrogen-bond donors (Lipinski definition) is 1.